The fourth-order valence-corrected chi connectivity index (χ4v) is 5.08. The summed E-state index contributed by atoms with van der Waals surface area (Å²) in [5.41, 5.74) is -0.0169. The molecule has 1 fully saturated rings. The maximum absolute atomic E-state index is 12.8. The molecule has 12 heteroatoms. The molecule has 1 amide bonds. The zero-order valence-corrected chi connectivity index (χ0v) is 18.9. The molecular weight excluding hydrogens is 467 g/mol. The summed E-state index contributed by atoms with van der Waals surface area (Å²) in [7, 11) is -3.64. The Morgan fingerprint density at radius 1 is 1.16 bits per heavy atom. The second-order valence-electron chi connectivity index (χ2n) is 7.15. The fraction of sp³-hybridized carbons (Fsp3) is 0.316. The van der Waals surface area contributed by atoms with Crippen LogP contribution in [0.3, 0.4) is 0 Å². The number of nitrogens with zero attached hydrogens (tertiary/aromatic N) is 2. The zero-order chi connectivity index (χ0) is 22.8. The van der Waals surface area contributed by atoms with Gasteiger partial charge in [0.2, 0.25) is 10.0 Å². The van der Waals surface area contributed by atoms with Crippen molar-refractivity contribution >= 4 is 50.5 Å². The van der Waals surface area contributed by atoms with Gasteiger partial charge in [0.25, 0.3) is 11.6 Å². The number of hydrogen-bond acceptors (Lipinski definition) is 5. The van der Waals surface area contributed by atoms with E-state index in [-0.39, 0.29) is 40.3 Å². The van der Waals surface area contributed by atoms with E-state index in [2.05, 4.69) is 5.32 Å². The van der Waals surface area contributed by atoms with E-state index in [1.165, 1.54) is 46.8 Å². The van der Waals surface area contributed by atoms with E-state index in [0.29, 0.717) is 18.1 Å². The van der Waals surface area contributed by atoms with Gasteiger partial charge >= 0.3 is 0 Å². The molecule has 2 aromatic rings. The topological polar surface area (TPSA) is 114 Å². The Bertz CT molecular complexity index is 1090. The normalized spacial score (nSPS) is 16.6. The van der Waals surface area contributed by atoms with Crippen LogP contribution in [-0.4, -0.2) is 55.8 Å². The largest absolute Gasteiger partial charge is 0.323 e. The minimum absolute atomic E-state index is 0.163. The quantitative estimate of drug-likeness (QED) is 0.476. The first kappa shape index (κ1) is 23.4. The highest BCUT2D eigenvalue weighted by atomic mass is 35.5. The third-order valence-electron chi connectivity index (χ3n) is 5.24. The molecule has 0 saturated carbocycles. The lowest BCUT2D eigenvalue weighted by Crippen LogP contribution is -3.19. The first-order valence-electron chi connectivity index (χ1n) is 9.44. The number of non-ortho nitro benzene ring substituents is 1. The SMILES string of the molecule is C[C@@H](C(=O)Nc1cc([N+](=O)[O-])ccc1Cl)[NH+]1CCN(S(=O)(=O)c2ccc(Cl)cc2)CC1. The molecule has 0 bridgehead atoms. The number of quaternary nitrogens is 1. The predicted octanol–water partition coefficient (Wildman–Crippen LogP) is 1.82. The Hall–Kier alpha value is -2.24. The van der Waals surface area contributed by atoms with Crippen molar-refractivity contribution in [2.75, 3.05) is 31.5 Å². The molecule has 166 valence electrons. The van der Waals surface area contributed by atoms with Crippen LogP contribution in [0.1, 0.15) is 6.92 Å². The van der Waals surface area contributed by atoms with Crippen LogP contribution < -0.4 is 10.2 Å². The van der Waals surface area contributed by atoms with Crippen molar-refractivity contribution in [2.45, 2.75) is 17.9 Å². The molecule has 0 aliphatic carbocycles. The number of nitrogens with one attached hydrogen (secondary N) is 2. The van der Waals surface area contributed by atoms with Crippen LogP contribution >= 0.6 is 23.2 Å². The van der Waals surface area contributed by atoms with Crippen molar-refractivity contribution in [3.8, 4) is 0 Å². The second kappa shape index (κ2) is 9.49. The summed E-state index contributed by atoms with van der Waals surface area (Å²) in [6.45, 7) is 3.11. The Balaban J connectivity index is 1.63. The first-order chi connectivity index (χ1) is 14.6. The third-order valence-corrected chi connectivity index (χ3v) is 7.73. The minimum Gasteiger partial charge on any atom is -0.323 e. The van der Waals surface area contributed by atoms with Gasteiger partial charge < -0.3 is 10.2 Å². The molecule has 1 atom stereocenters. The molecule has 0 radical (unpaired) electrons. The monoisotopic (exact) mass is 487 g/mol. The number of nitro groups is 1. The molecule has 31 heavy (non-hydrogen) atoms. The van der Waals surface area contributed by atoms with Crippen LogP contribution in [-0.2, 0) is 14.8 Å². The van der Waals surface area contributed by atoms with Crippen LogP contribution in [0.4, 0.5) is 11.4 Å². The van der Waals surface area contributed by atoms with E-state index >= 15 is 0 Å². The van der Waals surface area contributed by atoms with Gasteiger partial charge in [-0.2, -0.15) is 4.31 Å². The van der Waals surface area contributed by atoms with Gasteiger partial charge in [0.1, 0.15) is 0 Å². The lowest BCUT2D eigenvalue weighted by molar-refractivity contribution is -0.917. The second-order valence-corrected chi connectivity index (χ2v) is 9.93. The maximum atomic E-state index is 12.8. The van der Waals surface area contributed by atoms with Gasteiger partial charge in [-0.15, -0.1) is 0 Å². The number of carbonyl (C=O) groups is 1. The molecule has 0 unspecified atom stereocenters. The van der Waals surface area contributed by atoms with E-state index in [9.17, 15) is 23.3 Å². The average molecular weight is 488 g/mol. The van der Waals surface area contributed by atoms with E-state index < -0.39 is 21.0 Å². The Morgan fingerprint density at radius 2 is 1.77 bits per heavy atom. The van der Waals surface area contributed by atoms with Crippen molar-refractivity contribution in [1.82, 2.24) is 4.31 Å². The van der Waals surface area contributed by atoms with Crippen molar-refractivity contribution < 1.29 is 23.0 Å². The highest BCUT2D eigenvalue weighted by Crippen LogP contribution is 2.26. The first-order valence-corrected chi connectivity index (χ1v) is 11.6. The number of hydrogen-bond donors (Lipinski definition) is 2. The van der Waals surface area contributed by atoms with Gasteiger partial charge in [-0.25, -0.2) is 8.42 Å². The van der Waals surface area contributed by atoms with Gasteiger partial charge in [0.15, 0.2) is 6.04 Å². The highest BCUT2D eigenvalue weighted by molar-refractivity contribution is 7.89. The molecule has 3 rings (SSSR count). The molecule has 0 spiro atoms. The van der Waals surface area contributed by atoms with Crippen LogP contribution in [0.15, 0.2) is 47.4 Å². The molecule has 1 saturated heterocycles. The lowest BCUT2D eigenvalue weighted by atomic mass is 10.2. The number of piperazine rings is 1. The number of anilines is 1. The summed E-state index contributed by atoms with van der Waals surface area (Å²) in [4.78, 5) is 24.1. The average Bonchev–Trinajstić information content (AvgIpc) is 2.75. The number of amides is 1. The van der Waals surface area contributed by atoms with Gasteiger partial charge in [-0.1, -0.05) is 23.2 Å². The Labute approximate surface area is 189 Å². The van der Waals surface area contributed by atoms with E-state index in [4.69, 9.17) is 23.2 Å². The summed E-state index contributed by atoms with van der Waals surface area (Å²) in [6.07, 6.45) is 0. The van der Waals surface area contributed by atoms with E-state index in [1.54, 1.807) is 6.92 Å². The molecule has 2 N–H and O–H groups in total. The van der Waals surface area contributed by atoms with Crippen LogP contribution in [0.2, 0.25) is 10.0 Å². The van der Waals surface area contributed by atoms with Crippen LogP contribution in [0, 0.1) is 10.1 Å². The predicted molar refractivity (Wildman–Crippen MR) is 117 cm³/mol. The minimum atomic E-state index is -3.64. The summed E-state index contributed by atoms with van der Waals surface area (Å²) in [5.74, 6) is -0.355. The number of halogens is 2. The summed E-state index contributed by atoms with van der Waals surface area (Å²) < 4.78 is 27.0. The summed E-state index contributed by atoms with van der Waals surface area (Å²) in [5, 5.41) is 14.2. The molecule has 1 heterocycles. The number of rotatable bonds is 6. The van der Waals surface area contributed by atoms with Gasteiger partial charge in [0, 0.05) is 17.2 Å². The summed E-state index contributed by atoms with van der Waals surface area (Å²) >= 11 is 11.9. The van der Waals surface area contributed by atoms with Crippen molar-refractivity contribution in [3.05, 3.63) is 62.6 Å². The molecular formula is C19H21Cl2N4O5S+. The summed E-state index contributed by atoms with van der Waals surface area (Å²) in [6, 6.07) is 9.31. The zero-order valence-electron chi connectivity index (χ0n) is 16.5. The lowest BCUT2D eigenvalue weighted by Gasteiger charge is -2.34. The number of sulfonamides is 1. The molecule has 2 aromatic carbocycles. The standard InChI is InChI=1S/C19H20Cl2N4O5S/c1-13(19(26)22-18-12-15(25(27)28)4-7-17(18)21)23-8-10-24(11-9-23)31(29,30)16-5-2-14(20)3-6-16/h2-7,12-13H,8-11H2,1H3,(H,22,26)/p+1/t13-/m0/s1. The molecule has 9 nitrogen and oxygen atoms in total. The fourth-order valence-electron chi connectivity index (χ4n) is 3.35. The highest BCUT2D eigenvalue weighted by Gasteiger charge is 2.34. The van der Waals surface area contributed by atoms with Crippen molar-refractivity contribution in [3.63, 3.8) is 0 Å². The smallest absolute Gasteiger partial charge is 0.282 e. The van der Waals surface area contributed by atoms with Gasteiger partial charge in [-0.05, 0) is 37.3 Å². The van der Waals surface area contributed by atoms with Crippen LogP contribution in [0.25, 0.3) is 0 Å². The number of carbonyl (C=O) groups excluding carboxylic acids is 1. The molecule has 0 aromatic heterocycles. The van der Waals surface area contributed by atoms with Crippen LogP contribution in [0.5, 0.6) is 0 Å². The van der Waals surface area contributed by atoms with Gasteiger partial charge in [0.05, 0.1) is 46.7 Å². The Kier molecular flexibility index (Phi) is 7.17. The van der Waals surface area contributed by atoms with Crippen molar-refractivity contribution in [1.29, 1.82) is 0 Å². The van der Waals surface area contributed by atoms with Gasteiger partial charge in [-0.3, -0.25) is 14.9 Å². The number of benzene rings is 2. The van der Waals surface area contributed by atoms with E-state index in [1.807, 2.05) is 0 Å². The Morgan fingerprint density at radius 3 is 2.35 bits per heavy atom. The third kappa shape index (κ3) is 5.34. The van der Waals surface area contributed by atoms with E-state index in [0.717, 1.165) is 4.90 Å². The molecule has 1 aliphatic rings. The number of nitro benzene ring substituents is 1. The maximum Gasteiger partial charge on any atom is 0.282 e. The van der Waals surface area contributed by atoms with Crippen molar-refractivity contribution in [2.24, 2.45) is 0 Å². The molecule has 1 aliphatic heterocycles.